The molecule has 0 aliphatic heterocycles. The first-order valence-corrected chi connectivity index (χ1v) is 6.54. The van der Waals surface area contributed by atoms with Crippen LogP contribution >= 0.6 is 0 Å². The molecule has 17 heavy (non-hydrogen) atoms. The molecule has 3 nitrogen and oxygen atoms in total. The van der Waals surface area contributed by atoms with Gasteiger partial charge in [-0.1, -0.05) is 6.92 Å². The number of pyridine rings is 1. The lowest BCUT2D eigenvalue weighted by molar-refractivity contribution is 0.340. The van der Waals surface area contributed by atoms with E-state index >= 15 is 0 Å². The highest BCUT2D eigenvalue weighted by Gasteiger charge is 2.22. The highest BCUT2D eigenvalue weighted by molar-refractivity contribution is 5.50. The Bertz CT molecular complexity index is 381. The van der Waals surface area contributed by atoms with Crippen LogP contribution in [0.15, 0.2) is 12.1 Å². The number of anilines is 2. The predicted molar refractivity (Wildman–Crippen MR) is 73.2 cm³/mol. The van der Waals surface area contributed by atoms with Gasteiger partial charge in [-0.3, -0.25) is 0 Å². The summed E-state index contributed by atoms with van der Waals surface area (Å²) in [5.74, 6) is 1.94. The second kappa shape index (κ2) is 4.94. The van der Waals surface area contributed by atoms with Crippen molar-refractivity contribution in [2.75, 3.05) is 17.7 Å². The fraction of sp³-hybridized carbons (Fsp3) is 0.643. The third-order valence-electron chi connectivity index (χ3n) is 4.01. The number of hydrogen-bond acceptors (Lipinski definition) is 3. The van der Waals surface area contributed by atoms with Gasteiger partial charge in [0.25, 0.3) is 0 Å². The highest BCUT2D eigenvalue weighted by atomic mass is 15.2. The van der Waals surface area contributed by atoms with Crippen molar-refractivity contribution in [3.05, 3.63) is 17.8 Å². The van der Waals surface area contributed by atoms with Crippen molar-refractivity contribution in [1.82, 2.24) is 4.98 Å². The third kappa shape index (κ3) is 2.71. The van der Waals surface area contributed by atoms with Crippen LogP contribution in [0.2, 0.25) is 0 Å². The third-order valence-corrected chi connectivity index (χ3v) is 4.01. The van der Waals surface area contributed by atoms with E-state index in [1.165, 1.54) is 25.7 Å². The summed E-state index contributed by atoms with van der Waals surface area (Å²) in [5, 5.41) is 0. The van der Waals surface area contributed by atoms with E-state index in [1.54, 1.807) is 0 Å². The van der Waals surface area contributed by atoms with Crippen LogP contribution < -0.4 is 10.6 Å². The Hall–Kier alpha value is -1.25. The molecule has 2 N–H and O–H groups in total. The lowest BCUT2D eigenvalue weighted by Gasteiger charge is -2.34. The average Bonchev–Trinajstić information content (AvgIpc) is 2.33. The average molecular weight is 233 g/mol. The molecule has 0 saturated heterocycles. The summed E-state index contributed by atoms with van der Waals surface area (Å²) in [6.07, 6.45) is 5.23. The summed E-state index contributed by atoms with van der Waals surface area (Å²) >= 11 is 0. The maximum Gasteiger partial charge on any atom is 0.128 e. The van der Waals surface area contributed by atoms with E-state index in [2.05, 4.69) is 23.9 Å². The Kier molecular flexibility index (Phi) is 3.55. The van der Waals surface area contributed by atoms with Gasteiger partial charge < -0.3 is 10.6 Å². The van der Waals surface area contributed by atoms with Gasteiger partial charge in [0.15, 0.2) is 0 Å². The van der Waals surface area contributed by atoms with Crippen LogP contribution in [0.1, 0.15) is 38.3 Å². The Morgan fingerprint density at radius 1 is 1.24 bits per heavy atom. The largest absolute Gasteiger partial charge is 0.397 e. The Labute approximate surface area is 104 Å². The summed E-state index contributed by atoms with van der Waals surface area (Å²) in [6.45, 7) is 4.32. The number of aryl methyl sites for hydroxylation is 1. The maximum atomic E-state index is 5.80. The van der Waals surface area contributed by atoms with Crippen LogP contribution in [0, 0.1) is 12.8 Å². The van der Waals surface area contributed by atoms with Crippen molar-refractivity contribution in [3.63, 3.8) is 0 Å². The van der Waals surface area contributed by atoms with Gasteiger partial charge in [0, 0.05) is 13.1 Å². The molecule has 0 spiro atoms. The van der Waals surface area contributed by atoms with E-state index in [4.69, 9.17) is 5.73 Å². The van der Waals surface area contributed by atoms with Crippen LogP contribution in [0.5, 0.6) is 0 Å². The molecule has 1 aliphatic rings. The zero-order valence-electron chi connectivity index (χ0n) is 11.1. The van der Waals surface area contributed by atoms with E-state index in [9.17, 15) is 0 Å². The summed E-state index contributed by atoms with van der Waals surface area (Å²) in [7, 11) is 2.15. The number of aromatic nitrogens is 1. The smallest absolute Gasteiger partial charge is 0.128 e. The molecule has 94 valence electrons. The second-order valence-corrected chi connectivity index (χ2v) is 5.37. The molecular weight excluding hydrogens is 210 g/mol. The van der Waals surface area contributed by atoms with Crippen molar-refractivity contribution in [2.45, 2.75) is 45.6 Å². The fourth-order valence-electron chi connectivity index (χ4n) is 2.57. The molecule has 1 fully saturated rings. The minimum Gasteiger partial charge on any atom is -0.397 e. The standard InChI is InChI=1S/C14H23N3/c1-10-4-6-12(7-5-10)17(3)14-9-8-13(15)11(2)16-14/h8-10,12H,4-7,15H2,1-3H3. The monoisotopic (exact) mass is 233 g/mol. The van der Waals surface area contributed by atoms with Crippen LogP contribution in [0.25, 0.3) is 0 Å². The van der Waals surface area contributed by atoms with Gasteiger partial charge in [0.1, 0.15) is 5.82 Å². The highest BCUT2D eigenvalue weighted by Crippen LogP contribution is 2.29. The molecule has 0 bridgehead atoms. The molecule has 2 rings (SSSR count). The van der Waals surface area contributed by atoms with Crippen molar-refractivity contribution >= 4 is 11.5 Å². The molecule has 3 heteroatoms. The molecule has 1 aromatic heterocycles. The normalized spacial score (nSPS) is 24.6. The number of nitrogen functional groups attached to an aromatic ring is 1. The van der Waals surface area contributed by atoms with Crippen LogP contribution in [-0.2, 0) is 0 Å². The minimum absolute atomic E-state index is 0.640. The van der Waals surface area contributed by atoms with E-state index in [-0.39, 0.29) is 0 Å². The first-order valence-electron chi connectivity index (χ1n) is 6.54. The summed E-state index contributed by atoms with van der Waals surface area (Å²) in [4.78, 5) is 6.89. The molecule has 1 aromatic rings. The Morgan fingerprint density at radius 2 is 1.88 bits per heavy atom. The van der Waals surface area contributed by atoms with Crippen molar-refractivity contribution in [2.24, 2.45) is 5.92 Å². The maximum absolute atomic E-state index is 5.80. The van der Waals surface area contributed by atoms with Crippen LogP contribution in [-0.4, -0.2) is 18.1 Å². The van der Waals surface area contributed by atoms with E-state index in [1.807, 2.05) is 19.1 Å². The molecule has 1 heterocycles. The lowest BCUT2D eigenvalue weighted by Crippen LogP contribution is -2.35. The summed E-state index contributed by atoms with van der Waals surface area (Å²) < 4.78 is 0. The zero-order valence-corrected chi connectivity index (χ0v) is 11.1. The topological polar surface area (TPSA) is 42.2 Å². The molecule has 1 saturated carbocycles. The zero-order chi connectivity index (χ0) is 12.4. The molecular formula is C14H23N3. The quantitative estimate of drug-likeness (QED) is 0.854. The molecule has 0 radical (unpaired) electrons. The van der Waals surface area contributed by atoms with Crippen molar-refractivity contribution < 1.29 is 0 Å². The second-order valence-electron chi connectivity index (χ2n) is 5.37. The number of nitrogens with zero attached hydrogens (tertiary/aromatic N) is 2. The SMILES string of the molecule is Cc1nc(N(C)C2CCC(C)CC2)ccc1N. The van der Waals surface area contributed by atoms with Gasteiger partial charge in [-0.15, -0.1) is 0 Å². The van der Waals surface area contributed by atoms with Gasteiger partial charge in [0.2, 0.25) is 0 Å². The first-order chi connectivity index (χ1) is 8.08. The Balaban J connectivity index is 2.08. The minimum atomic E-state index is 0.640. The van der Waals surface area contributed by atoms with E-state index in [0.29, 0.717) is 6.04 Å². The van der Waals surface area contributed by atoms with Gasteiger partial charge in [-0.2, -0.15) is 0 Å². The van der Waals surface area contributed by atoms with Crippen molar-refractivity contribution in [3.8, 4) is 0 Å². The van der Waals surface area contributed by atoms with Crippen LogP contribution in [0.3, 0.4) is 0 Å². The number of hydrogen-bond donors (Lipinski definition) is 1. The number of rotatable bonds is 2. The molecule has 0 aromatic carbocycles. The Morgan fingerprint density at radius 3 is 2.47 bits per heavy atom. The summed E-state index contributed by atoms with van der Waals surface area (Å²) in [5.41, 5.74) is 7.51. The molecule has 0 unspecified atom stereocenters. The van der Waals surface area contributed by atoms with Crippen molar-refractivity contribution in [1.29, 1.82) is 0 Å². The van der Waals surface area contributed by atoms with E-state index in [0.717, 1.165) is 23.1 Å². The van der Waals surface area contributed by atoms with Gasteiger partial charge in [0.05, 0.1) is 11.4 Å². The van der Waals surface area contributed by atoms with Gasteiger partial charge in [-0.05, 0) is 50.7 Å². The van der Waals surface area contributed by atoms with Crippen LogP contribution in [0.4, 0.5) is 11.5 Å². The number of nitrogens with two attached hydrogens (primary N) is 1. The first kappa shape index (κ1) is 12.2. The van der Waals surface area contributed by atoms with Gasteiger partial charge >= 0.3 is 0 Å². The van der Waals surface area contributed by atoms with Gasteiger partial charge in [-0.25, -0.2) is 4.98 Å². The molecule has 0 amide bonds. The fourth-order valence-corrected chi connectivity index (χ4v) is 2.57. The molecule has 1 aliphatic carbocycles. The molecule has 0 atom stereocenters. The lowest BCUT2D eigenvalue weighted by atomic mass is 9.87. The van der Waals surface area contributed by atoms with E-state index < -0.39 is 0 Å². The predicted octanol–water partition coefficient (Wildman–Crippen LogP) is 2.99. The summed E-state index contributed by atoms with van der Waals surface area (Å²) in [6, 6.07) is 4.63.